The number of carbonyl (C=O) groups excluding carboxylic acids is 3. The normalized spacial score (nSPS) is 27.5. The Morgan fingerprint density at radius 2 is 1.69 bits per heavy atom. The SMILES string of the molecule is C=CCN(Cc1ccccc1)C(=O)C1N(CCCCO)C(=O)[C@@H]2[C@H](C(=O)N(CC=C)c3ccccc3)[C@@H]3CC(C)C12S3. The van der Waals surface area contributed by atoms with Crippen LogP contribution in [0.3, 0.4) is 0 Å². The Morgan fingerprint density at radius 1 is 1.02 bits per heavy atom. The third-order valence-corrected chi connectivity index (χ3v) is 11.2. The van der Waals surface area contributed by atoms with Gasteiger partial charge in [0.15, 0.2) is 0 Å². The lowest BCUT2D eigenvalue weighted by Gasteiger charge is -2.41. The van der Waals surface area contributed by atoms with Gasteiger partial charge in [-0.05, 0) is 42.9 Å². The number of thioether (sulfide) groups is 1. The molecule has 2 aromatic carbocycles. The molecule has 3 fully saturated rings. The van der Waals surface area contributed by atoms with Crippen molar-refractivity contribution in [3.63, 3.8) is 0 Å². The maximum Gasteiger partial charge on any atom is 0.247 e. The lowest BCUT2D eigenvalue weighted by Crippen LogP contribution is -2.57. The van der Waals surface area contributed by atoms with E-state index in [1.807, 2.05) is 60.7 Å². The highest BCUT2D eigenvalue weighted by molar-refractivity contribution is 8.02. The van der Waals surface area contributed by atoms with Gasteiger partial charge >= 0.3 is 0 Å². The number of carbonyl (C=O) groups is 3. The Balaban J connectivity index is 1.54. The molecule has 6 atom stereocenters. The van der Waals surface area contributed by atoms with Gasteiger partial charge in [-0.1, -0.05) is 67.6 Å². The molecule has 7 nitrogen and oxygen atoms in total. The molecule has 3 amide bonds. The maximum atomic E-state index is 14.6. The Hall–Kier alpha value is -3.36. The lowest BCUT2D eigenvalue weighted by molar-refractivity contribution is -0.143. The first-order valence-corrected chi connectivity index (χ1v) is 15.8. The second kappa shape index (κ2) is 12.9. The number of para-hydroxylation sites is 1. The van der Waals surface area contributed by atoms with Crippen molar-refractivity contribution in [3.8, 4) is 0 Å². The van der Waals surface area contributed by atoms with Gasteiger partial charge in [0.05, 0.1) is 16.6 Å². The smallest absolute Gasteiger partial charge is 0.247 e. The zero-order valence-electron chi connectivity index (χ0n) is 24.3. The van der Waals surface area contributed by atoms with Gasteiger partial charge in [-0.25, -0.2) is 0 Å². The van der Waals surface area contributed by atoms with Crippen LogP contribution in [-0.2, 0) is 20.9 Å². The molecule has 0 saturated carbocycles. The molecule has 1 spiro atoms. The van der Waals surface area contributed by atoms with Crippen LogP contribution in [0.15, 0.2) is 86.0 Å². The number of nitrogens with zero attached hydrogens (tertiary/aromatic N) is 3. The molecule has 0 aromatic heterocycles. The number of likely N-dealkylation sites (tertiary alicyclic amines) is 1. The average molecular weight is 588 g/mol. The van der Waals surface area contributed by atoms with Crippen LogP contribution in [-0.4, -0.2) is 74.9 Å². The number of benzene rings is 2. The summed E-state index contributed by atoms with van der Waals surface area (Å²) in [5.41, 5.74) is 1.78. The number of aliphatic hydroxyl groups is 1. The third kappa shape index (κ3) is 5.20. The summed E-state index contributed by atoms with van der Waals surface area (Å²) in [5.74, 6) is -1.34. The molecule has 2 bridgehead atoms. The second-order valence-electron chi connectivity index (χ2n) is 11.6. The maximum absolute atomic E-state index is 14.6. The highest BCUT2D eigenvalue weighted by atomic mass is 32.2. The van der Waals surface area contributed by atoms with Crippen LogP contribution in [0.1, 0.15) is 31.7 Å². The van der Waals surface area contributed by atoms with E-state index < -0.39 is 22.6 Å². The van der Waals surface area contributed by atoms with Gasteiger partial charge in [0.2, 0.25) is 17.7 Å². The summed E-state index contributed by atoms with van der Waals surface area (Å²) in [6.45, 7) is 11.4. The molecular weight excluding hydrogens is 546 g/mol. The number of aliphatic hydroxyl groups excluding tert-OH is 1. The molecule has 5 rings (SSSR count). The fourth-order valence-corrected chi connectivity index (χ4v) is 9.73. The quantitative estimate of drug-likeness (QED) is 0.275. The minimum absolute atomic E-state index is 0.0216. The fourth-order valence-electron chi connectivity index (χ4n) is 7.32. The second-order valence-corrected chi connectivity index (χ2v) is 13.1. The van der Waals surface area contributed by atoms with E-state index in [2.05, 4.69) is 20.1 Å². The zero-order valence-corrected chi connectivity index (χ0v) is 25.1. The Bertz CT molecular complexity index is 1300. The van der Waals surface area contributed by atoms with Crippen molar-refractivity contribution in [1.29, 1.82) is 0 Å². The van der Waals surface area contributed by atoms with Crippen LogP contribution in [0, 0.1) is 17.8 Å². The molecule has 1 N–H and O–H groups in total. The van der Waals surface area contributed by atoms with Crippen LogP contribution in [0.4, 0.5) is 5.69 Å². The number of anilines is 1. The molecule has 0 aliphatic carbocycles. The standard InChI is InChI=1S/C34H41N3O4S/c1-4-18-35(23-25-14-8-6-9-15-25)33(41)30-34-24(3)22-27(42-34)28(29(34)32(40)37(30)20-12-13-21-38)31(39)36(19-5-2)26-16-10-7-11-17-26/h4-11,14-17,24,27-30,38H,1-2,12-13,18-23H2,3H3/t24?,27-,28+,29-,30?,34?/m0/s1. The summed E-state index contributed by atoms with van der Waals surface area (Å²) >= 11 is 1.69. The number of fused-ring (bicyclic) bond motifs is 1. The van der Waals surface area contributed by atoms with Gasteiger partial charge in [-0.15, -0.1) is 24.9 Å². The summed E-state index contributed by atoms with van der Waals surface area (Å²) < 4.78 is -0.703. The van der Waals surface area contributed by atoms with Crippen LogP contribution >= 0.6 is 11.8 Å². The molecule has 8 heteroatoms. The van der Waals surface area contributed by atoms with Crippen molar-refractivity contribution in [2.45, 2.75) is 48.8 Å². The highest BCUT2D eigenvalue weighted by Crippen LogP contribution is 2.69. The van der Waals surface area contributed by atoms with E-state index in [9.17, 15) is 19.5 Å². The van der Waals surface area contributed by atoms with E-state index >= 15 is 0 Å². The predicted octanol–water partition coefficient (Wildman–Crippen LogP) is 4.53. The number of hydrogen-bond acceptors (Lipinski definition) is 5. The Labute approximate surface area is 253 Å². The minimum atomic E-state index is -0.703. The van der Waals surface area contributed by atoms with Gasteiger partial charge in [0.25, 0.3) is 0 Å². The van der Waals surface area contributed by atoms with E-state index in [0.717, 1.165) is 17.7 Å². The Morgan fingerprint density at radius 3 is 2.33 bits per heavy atom. The predicted molar refractivity (Wildman–Crippen MR) is 168 cm³/mol. The monoisotopic (exact) mass is 587 g/mol. The van der Waals surface area contributed by atoms with E-state index in [1.165, 1.54) is 0 Å². The number of unbranched alkanes of at least 4 members (excludes halogenated alkanes) is 1. The molecule has 3 heterocycles. The first-order valence-electron chi connectivity index (χ1n) is 14.9. The minimum Gasteiger partial charge on any atom is -0.396 e. The summed E-state index contributed by atoms with van der Waals surface area (Å²) in [6, 6.07) is 18.7. The summed E-state index contributed by atoms with van der Waals surface area (Å²) in [6.07, 6.45) is 5.34. The van der Waals surface area contributed by atoms with Crippen molar-refractivity contribution in [3.05, 3.63) is 91.5 Å². The number of rotatable bonds is 13. The van der Waals surface area contributed by atoms with E-state index in [0.29, 0.717) is 39.0 Å². The van der Waals surface area contributed by atoms with Crippen LogP contribution in [0.5, 0.6) is 0 Å². The van der Waals surface area contributed by atoms with Crippen molar-refractivity contribution < 1.29 is 19.5 Å². The van der Waals surface area contributed by atoms with E-state index in [4.69, 9.17) is 0 Å². The largest absolute Gasteiger partial charge is 0.396 e. The summed E-state index contributed by atoms with van der Waals surface area (Å²) in [5, 5.41) is 9.45. The van der Waals surface area contributed by atoms with Gasteiger partial charge in [0, 0.05) is 43.7 Å². The zero-order chi connectivity index (χ0) is 29.9. The first kappa shape index (κ1) is 30.1. The molecule has 42 heavy (non-hydrogen) atoms. The molecular formula is C34H41N3O4S. The van der Waals surface area contributed by atoms with Crippen molar-refractivity contribution in [2.24, 2.45) is 17.8 Å². The third-order valence-electron chi connectivity index (χ3n) is 9.09. The fraction of sp³-hybridized carbons (Fsp3) is 0.441. The van der Waals surface area contributed by atoms with Crippen molar-refractivity contribution in [2.75, 3.05) is 31.1 Å². The van der Waals surface area contributed by atoms with Gasteiger partial charge in [0.1, 0.15) is 6.04 Å². The molecule has 0 radical (unpaired) electrons. The summed E-state index contributed by atoms with van der Waals surface area (Å²) in [4.78, 5) is 48.8. The molecule has 3 unspecified atom stereocenters. The van der Waals surface area contributed by atoms with Crippen LogP contribution < -0.4 is 4.90 Å². The number of hydrogen-bond donors (Lipinski definition) is 1. The molecule has 3 saturated heterocycles. The Kier molecular flexibility index (Phi) is 9.23. The van der Waals surface area contributed by atoms with E-state index in [1.54, 1.807) is 38.6 Å². The number of amides is 3. The van der Waals surface area contributed by atoms with Crippen molar-refractivity contribution >= 4 is 35.2 Å². The van der Waals surface area contributed by atoms with Gasteiger partial charge in [-0.3, -0.25) is 14.4 Å². The molecule has 3 aliphatic heterocycles. The van der Waals surface area contributed by atoms with Crippen LogP contribution in [0.25, 0.3) is 0 Å². The first-order chi connectivity index (χ1) is 20.4. The summed E-state index contributed by atoms with van der Waals surface area (Å²) in [7, 11) is 0. The van der Waals surface area contributed by atoms with E-state index in [-0.39, 0.29) is 35.5 Å². The topological polar surface area (TPSA) is 81.2 Å². The molecule has 222 valence electrons. The van der Waals surface area contributed by atoms with Crippen molar-refractivity contribution in [1.82, 2.24) is 9.80 Å². The lowest BCUT2D eigenvalue weighted by atomic mass is 9.65. The van der Waals surface area contributed by atoms with Crippen LogP contribution in [0.2, 0.25) is 0 Å². The molecule has 2 aromatic rings. The molecule has 3 aliphatic rings. The highest BCUT2D eigenvalue weighted by Gasteiger charge is 2.76. The average Bonchev–Trinajstić information content (AvgIpc) is 3.59. The van der Waals surface area contributed by atoms with Gasteiger partial charge in [-0.2, -0.15) is 0 Å². The van der Waals surface area contributed by atoms with Gasteiger partial charge < -0.3 is 19.8 Å².